The fraction of sp³-hybridized carbons (Fsp3) is 0.333. The third-order valence-corrected chi connectivity index (χ3v) is 6.71. The zero-order valence-corrected chi connectivity index (χ0v) is 21.1. The van der Waals surface area contributed by atoms with Crippen LogP contribution in [0.1, 0.15) is 44.1 Å². The van der Waals surface area contributed by atoms with Crippen LogP contribution in [0.15, 0.2) is 48.5 Å². The molecule has 3 aromatic rings. The Labute approximate surface area is 212 Å². The number of methoxy groups -OCH3 is 1. The van der Waals surface area contributed by atoms with E-state index in [9.17, 15) is 22.8 Å². The van der Waals surface area contributed by atoms with E-state index in [-0.39, 0.29) is 24.8 Å². The second-order valence-electron chi connectivity index (χ2n) is 8.31. The number of hydrogen-bond donors (Lipinski definition) is 1. The van der Waals surface area contributed by atoms with Crippen LogP contribution in [0, 0.1) is 13.8 Å². The van der Waals surface area contributed by atoms with Crippen molar-refractivity contribution in [3.8, 4) is 16.9 Å². The molecule has 0 unspecified atom stereocenters. The summed E-state index contributed by atoms with van der Waals surface area (Å²) in [7, 11) is 1.31. The molecule has 0 bridgehead atoms. The Morgan fingerprint density at radius 2 is 1.67 bits per heavy atom. The highest BCUT2D eigenvalue weighted by atomic mass is 32.1. The van der Waals surface area contributed by atoms with Gasteiger partial charge in [-0.15, -0.1) is 11.3 Å². The second kappa shape index (κ2) is 12.1. The van der Waals surface area contributed by atoms with Gasteiger partial charge in [0.2, 0.25) is 0 Å². The quantitative estimate of drug-likeness (QED) is 0.250. The number of halogens is 3. The molecule has 0 saturated carbocycles. The zero-order valence-electron chi connectivity index (χ0n) is 20.3. The summed E-state index contributed by atoms with van der Waals surface area (Å²) in [6.07, 6.45) is -2.73. The van der Waals surface area contributed by atoms with Crippen molar-refractivity contribution in [2.75, 3.05) is 20.3 Å². The number of hydrogen-bond acceptors (Lipinski definition) is 5. The van der Waals surface area contributed by atoms with Crippen molar-refractivity contribution >= 4 is 23.2 Å². The highest BCUT2D eigenvalue weighted by Crippen LogP contribution is 2.34. The fourth-order valence-corrected chi connectivity index (χ4v) is 4.79. The number of carbonyl (C=O) groups excluding carboxylic acids is 2. The van der Waals surface area contributed by atoms with Gasteiger partial charge >= 0.3 is 12.1 Å². The van der Waals surface area contributed by atoms with E-state index in [1.165, 1.54) is 30.6 Å². The van der Waals surface area contributed by atoms with E-state index in [2.05, 4.69) is 10.1 Å². The van der Waals surface area contributed by atoms with E-state index in [0.29, 0.717) is 17.2 Å². The number of aryl methyl sites for hydroxylation is 3. The molecule has 2 aromatic carbocycles. The molecule has 0 aliphatic rings. The van der Waals surface area contributed by atoms with Crippen LogP contribution in [0.3, 0.4) is 0 Å². The van der Waals surface area contributed by atoms with Crippen LogP contribution in [-0.4, -0.2) is 32.1 Å². The Balaban J connectivity index is 1.51. The van der Waals surface area contributed by atoms with E-state index in [4.69, 9.17) is 4.74 Å². The number of thiophene rings is 1. The lowest BCUT2D eigenvalue weighted by molar-refractivity contribution is -0.140. The highest BCUT2D eigenvalue weighted by Gasteiger charge is 2.30. The number of alkyl halides is 3. The normalized spacial score (nSPS) is 11.3. The van der Waals surface area contributed by atoms with E-state index >= 15 is 0 Å². The summed E-state index contributed by atoms with van der Waals surface area (Å²) in [4.78, 5) is 24.9. The number of benzene rings is 2. The van der Waals surface area contributed by atoms with Crippen LogP contribution in [0.2, 0.25) is 0 Å². The average molecular weight is 520 g/mol. The Morgan fingerprint density at radius 3 is 2.28 bits per heavy atom. The minimum Gasteiger partial charge on any atom is -0.494 e. The van der Waals surface area contributed by atoms with Crippen LogP contribution < -0.4 is 10.1 Å². The Morgan fingerprint density at radius 1 is 1.00 bits per heavy atom. The third kappa shape index (κ3) is 7.34. The Bertz CT molecular complexity index is 1180. The first-order valence-electron chi connectivity index (χ1n) is 11.4. The smallest absolute Gasteiger partial charge is 0.416 e. The third-order valence-electron chi connectivity index (χ3n) is 5.57. The molecule has 0 atom stereocenters. The summed E-state index contributed by atoms with van der Waals surface area (Å²) in [5.41, 5.74) is 2.80. The lowest BCUT2D eigenvalue weighted by atomic mass is 9.94. The summed E-state index contributed by atoms with van der Waals surface area (Å²) < 4.78 is 49.0. The van der Waals surface area contributed by atoms with Gasteiger partial charge in [-0.3, -0.25) is 9.59 Å². The number of carbonyl (C=O) groups is 2. The minimum absolute atomic E-state index is 0.127. The van der Waals surface area contributed by atoms with E-state index in [1.54, 1.807) is 6.07 Å². The molecule has 0 aliphatic carbocycles. The molecule has 192 valence electrons. The SMILES string of the molecule is COC(=O)CCNC(=O)c1ccc(CCCOc2cc(C)c(-c3ccc(C(F)(F)F)cc3)c(C)c2)s1. The summed E-state index contributed by atoms with van der Waals surface area (Å²) >= 11 is 1.40. The van der Waals surface area contributed by atoms with Crippen LogP contribution in [-0.2, 0) is 22.1 Å². The maximum Gasteiger partial charge on any atom is 0.416 e. The van der Waals surface area contributed by atoms with Gasteiger partial charge in [0.15, 0.2) is 0 Å². The van der Waals surface area contributed by atoms with Gasteiger partial charge in [0.05, 0.1) is 30.6 Å². The van der Waals surface area contributed by atoms with Crippen LogP contribution in [0.4, 0.5) is 13.2 Å². The monoisotopic (exact) mass is 519 g/mol. The predicted molar refractivity (Wildman–Crippen MR) is 133 cm³/mol. The number of amides is 1. The molecular weight excluding hydrogens is 491 g/mol. The summed E-state index contributed by atoms with van der Waals surface area (Å²) in [6, 6.07) is 12.6. The molecule has 0 radical (unpaired) electrons. The van der Waals surface area contributed by atoms with Gasteiger partial charge < -0.3 is 14.8 Å². The first-order valence-corrected chi connectivity index (χ1v) is 12.3. The lowest BCUT2D eigenvalue weighted by Crippen LogP contribution is -2.25. The molecule has 9 heteroatoms. The number of nitrogens with one attached hydrogen (secondary N) is 1. The summed E-state index contributed by atoms with van der Waals surface area (Å²) in [5.74, 6) is 0.116. The van der Waals surface area contributed by atoms with Gasteiger partial charge in [0.25, 0.3) is 5.91 Å². The predicted octanol–water partition coefficient (Wildman–Crippen LogP) is 6.36. The lowest BCUT2D eigenvalue weighted by Gasteiger charge is -2.15. The van der Waals surface area contributed by atoms with Crippen molar-refractivity contribution in [3.05, 3.63) is 75.0 Å². The van der Waals surface area contributed by atoms with Gasteiger partial charge in [0, 0.05) is 11.4 Å². The molecule has 0 aliphatic heterocycles. The van der Waals surface area contributed by atoms with Crippen LogP contribution in [0.5, 0.6) is 5.75 Å². The van der Waals surface area contributed by atoms with Gasteiger partial charge in [-0.05, 0) is 85.3 Å². The largest absolute Gasteiger partial charge is 0.494 e. The zero-order chi connectivity index (χ0) is 26.3. The minimum atomic E-state index is -4.36. The molecule has 5 nitrogen and oxygen atoms in total. The fourth-order valence-electron chi connectivity index (χ4n) is 3.83. The topological polar surface area (TPSA) is 64.6 Å². The Kier molecular flexibility index (Phi) is 9.14. The van der Waals surface area contributed by atoms with Gasteiger partial charge in [-0.1, -0.05) is 12.1 Å². The molecule has 1 heterocycles. The Hall–Kier alpha value is -3.33. The number of ether oxygens (including phenoxy) is 2. The second-order valence-corrected chi connectivity index (χ2v) is 9.48. The van der Waals surface area contributed by atoms with Crippen molar-refractivity contribution in [2.45, 2.75) is 39.3 Å². The molecule has 0 saturated heterocycles. The molecule has 1 amide bonds. The molecule has 36 heavy (non-hydrogen) atoms. The van der Waals surface area contributed by atoms with Crippen molar-refractivity contribution in [1.82, 2.24) is 5.32 Å². The highest BCUT2D eigenvalue weighted by molar-refractivity contribution is 7.14. The number of rotatable bonds is 10. The van der Waals surface area contributed by atoms with Crippen LogP contribution in [0.25, 0.3) is 11.1 Å². The molecule has 0 spiro atoms. The van der Waals surface area contributed by atoms with Crippen LogP contribution >= 0.6 is 11.3 Å². The summed E-state index contributed by atoms with van der Waals surface area (Å²) in [5, 5.41) is 2.70. The maximum absolute atomic E-state index is 12.9. The standard InChI is InChI=1S/C27H28F3NO4S/c1-17-15-21(16-18(2)25(17)19-6-8-20(9-7-19)27(28,29)30)35-14-4-5-22-10-11-23(36-22)26(33)31-13-12-24(32)34-3/h6-11,15-16H,4-5,12-14H2,1-3H3,(H,31,33). The van der Waals surface area contributed by atoms with Crippen molar-refractivity contribution < 1.29 is 32.2 Å². The molecular formula is C27H28F3NO4S. The molecule has 1 aromatic heterocycles. The first-order chi connectivity index (χ1) is 17.1. The van der Waals surface area contributed by atoms with E-state index in [0.717, 1.165) is 52.1 Å². The maximum atomic E-state index is 12.9. The molecule has 1 N–H and O–H groups in total. The van der Waals surface area contributed by atoms with E-state index < -0.39 is 11.7 Å². The first kappa shape index (κ1) is 27.3. The molecule has 3 rings (SSSR count). The molecule has 0 fully saturated rings. The van der Waals surface area contributed by atoms with Crippen molar-refractivity contribution in [2.24, 2.45) is 0 Å². The number of esters is 1. The van der Waals surface area contributed by atoms with Gasteiger partial charge in [0.1, 0.15) is 5.75 Å². The average Bonchev–Trinajstić information content (AvgIpc) is 3.30. The van der Waals surface area contributed by atoms with Gasteiger partial charge in [-0.25, -0.2) is 0 Å². The van der Waals surface area contributed by atoms with E-state index in [1.807, 2.05) is 32.0 Å². The van der Waals surface area contributed by atoms with Gasteiger partial charge in [-0.2, -0.15) is 13.2 Å². The van der Waals surface area contributed by atoms with Crippen molar-refractivity contribution in [3.63, 3.8) is 0 Å². The summed E-state index contributed by atoms with van der Waals surface area (Å²) in [6.45, 7) is 4.53. The van der Waals surface area contributed by atoms with Crippen molar-refractivity contribution in [1.29, 1.82) is 0 Å².